The van der Waals surface area contributed by atoms with Gasteiger partial charge in [-0.3, -0.25) is 13.9 Å². The van der Waals surface area contributed by atoms with Gasteiger partial charge in [0.15, 0.2) is 0 Å². The number of anilines is 1. The molecule has 1 atom stereocenters. The SMILES string of the molecule is CC[C@H](C(=O)NC1CCCCC1)N(Cc1ccc(Cl)cc1)C(=O)CCCN(c1ccc(C)c(C)c1)S(C)(=O)=O. The molecule has 0 unspecified atom stereocenters. The Balaban J connectivity index is 1.76. The molecule has 39 heavy (non-hydrogen) atoms. The first kappa shape index (κ1) is 31.0. The third-order valence-electron chi connectivity index (χ3n) is 7.53. The molecular weight excluding hydrogens is 534 g/mol. The highest BCUT2D eigenvalue weighted by molar-refractivity contribution is 7.92. The number of sulfonamides is 1. The van der Waals surface area contributed by atoms with E-state index in [4.69, 9.17) is 11.6 Å². The normalized spacial score (nSPS) is 15.0. The highest BCUT2D eigenvalue weighted by Gasteiger charge is 2.30. The van der Waals surface area contributed by atoms with Crippen LogP contribution in [0.3, 0.4) is 0 Å². The lowest BCUT2D eigenvalue weighted by Gasteiger charge is -2.33. The summed E-state index contributed by atoms with van der Waals surface area (Å²) in [6, 6.07) is 12.4. The van der Waals surface area contributed by atoms with Crippen LogP contribution < -0.4 is 9.62 Å². The number of rotatable bonds is 12. The number of hydrogen-bond donors (Lipinski definition) is 1. The van der Waals surface area contributed by atoms with Gasteiger partial charge in [-0.1, -0.05) is 56.0 Å². The van der Waals surface area contributed by atoms with Gasteiger partial charge in [-0.05, 0) is 80.5 Å². The van der Waals surface area contributed by atoms with E-state index in [0.29, 0.717) is 23.6 Å². The van der Waals surface area contributed by atoms with E-state index in [1.807, 2.05) is 45.0 Å². The monoisotopic (exact) mass is 575 g/mol. The van der Waals surface area contributed by atoms with Crippen molar-refractivity contribution in [3.63, 3.8) is 0 Å². The summed E-state index contributed by atoms with van der Waals surface area (Å²) < 4.78 is 26.6. The quantitative estimate of drug-likeness (QED) is 0.349. The van der Waals surface area contributed by atoms with Crippen LogP contribution in [0, 0.1) is 13.8 Å². The molecule has 0 spiro atoms. The Morgan fingerprint density at radius 3 is 2.28 bits per heavy atom. The van der Waals surface area contributed by atoms with Crippen LogP contribution in [0.5, 0.6) is 0 Å². The van der Waals surface area contributed by atoms with E-state index in [0.717, 1.165) is 42.4 Å². The number of hydrogen-bond acceptors (Lipinski definition) is 4. The summed E-state index contributed by atoms with van der Waals surface area (Å²) in [5.41, 5.74) is 3.55. The molecule has 1 aliphatic carbocycles. The predicted octanol–water partition coefficient (Wildman–Crippen LogP) is 5.76. The molecular formula is C30H42ClN3O4S. The molecule has 3 rings (SSSR count). The molecule has 0 bridgehead atoms. The number of benzene rings is 2. The van der Waals surface area contributed by atoms with Gasteiger partial charge < -0.3 is 10.2 Å². The van der Waals surface area contributed by atoms with Gasteiger partial charge in [0, 0.05) is 30.6 Å². The van der Waals surface area contributed by atoms with Gasteiger partial charge in [0.05, 0.1) is 11.9 Å². The smallest absolute Gasteiger partial charge is 0.243 e. The molecule has 2 aromatic carbocycles. The first-order chi connectivity index (χ1) is 18.5. The van der Waals surface area contributed by atoms with E-state index in [1.165, 1.54) is 17.0 Å². The van der Waals surface area contributed by atoms with E-state index in [-0.39, 0.29) is 37.4 Å². The molecule has 1 N–H and O–H groups in total. The lowest BCUT2D eigenvalue weighted by atomic mass is 9.95. The first-order valence-corrected chi connectivity index (χ1v) is 16.1. The summed E-state index contributed by atoms with van der Waals surface area (Å²) >= 11 is 6.06. The molecule has 0 aromatic heterocycles. The maximum Gasteiger partial charge on any atom is 0.243 e. The van der Waals surface area contributed by atoms with Gasteiger partial charge in [-0.2, -0.15) is 0 Å². The average molecular weight is 576 g/mol. The van der Waals surface area contributed by atoms with Crippen molar-refractivity contribution >= 4 is 39.1 Å². The fourth-order valence-corrected chi connectivity index (χ4v) is 6.22. The van der Waals surface area contributed by atoms with Crippen molar-refractivity contribution in [2.75, 3.05) is 17.1 Å². The fraction of sp³-hybridized carbons (Fsp3) is 0.533. The molecule has 0 radical (unpaired) electrons. The number of halogens is 1. The summed E-state index contributed by atoms with van der Waals surface area (Å²) in [4.78, 5) is 28.6. The zero-order valence-electron chi connectivity index (χ0n) is 23.6. The molecule has 0 aliphatic heterocycles. The Morgan fingerprint density at radius 2 is 1.69 bits per heavy atom. The van der Waals surface area contributed by atoms with Gasteiger partial charge in [0.2, 0.25) is 21.8 Å². The minimum absolute atomic E-state index is 0.123. The molecule has 1 fully saturated rings. The van der Waals surface area contributed by atoms with E-state index in [1.54, 1.807) is 23.1 Å². The Kier molecular flexibility index (Phi) is 11.2. The average Bonchev–Trinajstić information content (AvgIpc) is 2.89. The Bertz CT molecular complexity index is 1230. The molecule has 7 nitrogen and oxygen atoms in total. The maximum absolute atomic E-state index is 13.6. The Hall–Kier alpha value is -2.58. The summed E-state index contributed by atoms with van der Waals surface area (Å²) in [5.74, 6) is -0.302. The Labute approximate surface area is 239 Å². The number of nitrogens with zero attached hydrogens (tertiary/aromatic N) is 2. The van der Waals surface area contributed by atoms with Crippen molar-refractivity contribution in [2.24, 2.45) is 0 Å². The molecule has 1 aliphatic rings. The molecule has 0 saturated heterocycles. The van der Waals surface area contributed by atoms with Crippen LogP contribution in [-0.4, -0.2) is 50.0 Å². The van der Waals surface area contributed by atoms with Gasteiger partial charge in [0.25, 0.3) is 0 Å². The minimum atomic E-state index is -3.54. The lowest BCUT2D eigenvalue weighted by molar-refractivity contribution is -0.141. The zero-order valence-corrected chi connectivity index (χ0v) is 25.2. The standard InChI is InChI=1S/C30H42ClN3O4S/c1-5-28(30(36)32-26-10-7-6-8-11-26)33(21-24-14-16-25(31)17-15-24)29(35)12-9-19-34(39(4,37)38)27-18-13-22(2)23(3)20-27/h13-18,20,26,28H,5-12,19,21H2,1-4H3,(H,32,36)/t28-/m1/s1. The van der Waals surface area contributed by atoms with Crippen LogP contribution in [0.25, 0.3) is 0 Å². The van der Waals surface area contributed by atoms with Crippen LogP contribution in [0.15, 0.2) is 42.5 Å². The van der Waals surface area contributed by atoms with E-state index >= 15 is 0 Å². The van der Waals surface area contributed by atoms with Crippen molar-refractivity contribution in [3.05, 3.63) is 64.2 Å². The second kappa shape index (κ2) is 14.2. The molecule has 2 amide bonds. The predicted molar refractivity (Wildman–Crippen MR) is 158 cm³/mol. The van der Waals surface area contributed by atoms with Crippen LogP contribution in [0.2, 0.25) is 5.02 Å². The van der Waals surface area contributed by atoms with Crippen LogP contribution >= 0.6 is 11.6 Å². The lowest BCUT2D eigenvalue weighted by Crippen LogP contribution is -2.51. The van der Waals surface area contributed by atoms with Gasteiger partial charge in [0.1, 0.15) is 6.04 Å². The number of nitrogens with one attached hydrogen (secondary N) is 1. The van der Waals surface area contributed by atoms with Crippen molar-refractivity contribution in [1.82, 2.24) is 10.2 Å². The number of amides is 2. The highest BCUT2D eigenvalue weighted by Crippen LogP contribution is 2.23. The third kappa shape index (κ3) is 8.97. The van der Waals surface area contributed by atoms with Gasteiger partial charge >= 0.3 is 0 Å². The summed E-state index contributed by atoms with van der Waals surface area (Å²) in [6.07, 6.45) is 7.44. The maximum atomic E-state index is 13.6. The van der Waals surface area contributed by atoms with Crippen LogP contribution in [0.1, 0.15) is 75.0 Å². The zero-order chi connectivity index (χ0) is 28.6. The van der Waals surface area contributed by atoms with Gasteiger partial charge in [-0.25, -0.2) is 8.42 Å². The van der Waals surface area contributed by atoms with E-state index < -0.39 is 16.1 Å². The summed E-state index contributed by atoms with van der Waals surface area (Å²) in [5, 5.41) is 3.79. The first-order valence-electron chi connectivity index (χ1n) is 13.9. The molecule has 0 heterocycles. The number of aryl methyl sites for hydroxylation is 2. The fourth-order valence-electron chi connectivity index (χ4n) is 5.13. The van der Waals surface area contributed by atoms with Crippen molar-refractivity contribution < 1.29 is 18.0 Å². The highest BCUT2D eigenvalue weighted by atomic mass is 35.5. The second-order valence-electron chi connectivity index (χ2n) is 10.6. The summed E-state index contributed by atoms with van der Waals surface area (Å²) in [6.45, 7) is 6.29. The van der Waals surface area contributed by atoms with Crippen LogP contribution in [0.4, 0.5) is 5.69 Å². The third-order valence-corrected chi connectivity index (χ3v) is 8.98. The van der Waals surface area contributed by atoms with Crippen LogP contribution in [-0.2, 0) is 26.2 Å². The molecule has 214 valence electrons. The Morgan fingerprint density at radius 1 is 1.03 bits per heavy atom. The second-order valence-corrected chi connectivity index (χ2v) is 13.0. The van der Waals surface area contributed by atoms with Crippen molar-refractivity contribution in [2.45, 2.75) is 90.8 Å². The van der Waals surface area contributed by atoms with E-state index in [2.05, 4.69) is 5.32 Å². The minimum Gasteiger partial charge on any atom is -0.352 e. The molecule has 1 saturated carbocycles. The molecule has 2 aromatic rings. The number of carbonyl (C=O) groups excluding carboxylic acids is 2. The summed E-state index contributed by atoms with van der Waals surface area (Å²) in [7, 11) is -3.54. The van der Waals surface area contributed by atoms with E-state index in [9.17, 15) is 18.0 Å². The van der Waals surface area contributed by atoms with Gasteiger partial charge in [-0.15, -0.1) is 0 Å². The largest absolute Gasteiger partial charge is 0.352 e. The topological polar surface area (TPSA) is 86.8 Å². The van der Waals surface area contributed by atoms with Crippen molar-refractivity contribution in [1.29, 1.82) is 0 Å². The van der Waals surface area contributed by atoms with Crippen molar-refractivity contribution in [3.8, 4) is 0 Å². The molecule has 9 heteroatoms. The number of carbonyl (C=O) groups is 2.